The van der Waals surface area contributed by atoms with E-state index in [2.05, 4.69) is 0 Å². The van der Waals surface area contributed by atoms with Crippen LogP contribution in [0.3, 0.4) is 0 Å². The highest BCUT2D eigenvalue weighted by Gasteiger charge is 2.05. The standard InChI is InChI=1S/C3H10N2O3S/c4-3(5)1-2-9(6,7)8/h3H,1-2,4-5H2,(H,6,7,8). The summed E-state index contributed by atoms with van der Waals surface area (Å²) in [6, 6.07) is 0. The van der Waals surface area contributed by atoms with Gasteiger partial charge in [-0.25, -0.2) is 0 Å². The maximum atomic E-state index is 9.98. The fraction of sp³-hybridized carbons (Fsp3) is 1.00. The second kappa shape index (κ2) is 3.11. The van der Waals surface area contributed by atoms with Crippen molar-refractivity contribution in [3.05, 3.63) is 0 Å². The lowest BCUT2D eigenvalue weighted by atomic mass is 10.4. The molecular formula is C3H10N2O3S. The molecule has 0 saturated heterocycles. The molecule has 0 aromatic heterocycles. The van der Waals surface area contributed by atoms with Crippen LogP contribution in [0.25, 0.3) is 0 Å². The van der Waals surface area contributed by atoms with E-state index >= 15 is 0 Å². The summed E-state index contributed by atoms with van der Waals surface area (Å²) in [7, 11) is -3.88. The third-order valence-electron chi connectivity index (χ3n) is 0.709. The summed E-state index contributed by atoms with van der Waals surface area (Å²) in [5, 5.41) is 0. The minimum absolute atomic E-state index is 0.0822. The third-order valence-corrected chi connectivity index (χ3v) is 1.46. The van der Waals surface area contributed by atoms with Crippen molar-refractivity contribution in [3.8, 4) is 0 Å². The Morgan fingerprint density at radius 1 is 1.44 bits per heavy atom. The molecule has 56 valence electrons. The first-order valence-electron chi connectivity index (χ1n) is 2.38. The van der Waals surface area contributed by atoms with Crippen molar-refractivity contribution in [2.75, 3.05) is 5.75 Å². The van der Waals surface area contributed by atoms with Gasteiger partial charge >= 0.3 is 0 Å². The first kappa shape index (κ1) is 8.83. The summed E-state index contributed by atoms with van der Waals surface area (Å²) in [4.78, 5) is 0. The Balaban J connectivity index is 3.53. The predicted molar refractivity (Wildman–Crippen MR) is 33.2 cm³/mol. The van der Waals surface area contributed by atoms with Gasteiger partial charge in [0.1, 0.15) is 0 Å². The lowest BCUT2D eigenvalue weighted by Gasteiger charge is -2.00. The molecule has 0 aliphatic rings. The normalized spacial score (nSPS) is 12.4. The van der Waals surface area contributed by atoms with Crippen LogP contribution in [0, 0.1) is 0 Å². The smallest absolute Gasteiger partial charge is 0.264 e. The molecule has 0 aliphatic heterocycles. The summed E-state index contributed by atoms with van der Waals surface area (Å²) >= 11 is 0. The van der Waals surface area contributed by atoms with Crippen LogP contribution < -0.4 is 11.5 Å². The van der Waals surface area contributed by atoms with Crippen LogP contribution in [0.4, 0.5) is 0 Å². The molecule has 0 heterocycles. The van der Waals surface area contributed by atoms with E-state index in [0.717, 1.165) is 0 Å². The Labute approximate surface area is 53.8 Å². The summed E-state index contributed by atoms with van der Waals surface area (Å²) in [5.41, 5.74) is 10.0. The largest absolute Gasteiger partial charge is 0.316 e. The molecule has 9 heavy (non-hydrogen) atoms. The number of nitrogens with two attached hydrogens (primary N) is 2. The summed E-state index contributed by atoms with van der Waals surface area (Å²) in [5.74, 6) is -0.370. The quantitative estimate of drug-likeness (QED) is 0.339. The average Bonchev–Trinajstić information content (AvgIpc) is 1.59. The Kier molecular flexibility index (Phi) is 3.06. The van der Waals surface area contributed by atoms with Crippen molar-refractivity contribution in [2.45, 2.75) is 12.6 Å². The molecule has 5 nitrogen and oxygen atoms in total. The zero-order valence-electron chi connectivity index (χ0n) is 4.82. The molecule has 0 spiro atoms. The maximum absolute atomic E-state index is 9.98. The molecule has 0 amide bonds. The summed E-state index contributed by atoms with van der Waals surface area (Å²) < 4.78 is 28.1. The fourth-order valence-corrected chi connectivity index (χ4v) is 0.855. The van der Waals surface area contributed by atoms with Gasteiger partial charge in [-0.15, -0.1) is 0 Å². The van der Waals surface area contributed by atoms with Crippen molar-refractivity contribution in [1.82, 2.24) is 0 Å². The molecule has 6 heteroatoms. The van der Waals surface area contributed by atoms with Crippen LogP contribution in [-0.2, 0) is 10.1 Å². The van der Waals surface area contributed by atoms with E-state index in [1.165, 1.54) is 0 Å². The first-order chi connectivity index (χ1) is 3.92. The Morgan fingerprint density at radius 3 is 2.00 bits per heavy atom. The van der Waals surface area contributed by atoms with Gasteiger partial charge in [0.05, 0.1) is 11.9 Å². The molecule has 0 saturated carbocycles. The van der Waals surface area contributed by atoms with Crippen LogP contribution in [0.15, 0.2) is 0 Å². The molecule has 0 atom stereocenters. The van der Waals surface area contributed by atoms with Gasteiger partial charge in [-0.2, -0.15) is 8.42 Å². The van der Waals surface area contributed by atoms with Crippen LogP contribution in [0.5, 0.6) is 0 Å². The second-order valence-electron chi connectivity index (χ2n) is 1.74. The van der Waals surface area contributed by atoms with Gasteiger partial charge in [-0.1, -0.05) is 0 Å². The molecule has 0 unspecified atom stereocenters. The topological polar surface area (TPSA) is 106 Å². The van der Waals surface area contributed by atoms with Gasteiger partial charge < -0.3 is 11.5 Å². The Hall–Kier alpha value is -0.170. The zero-order chi connectivity index (χ0) is 7.49. The Morgan fingerprint density at radius 2 is 1.89 bits per heavy atom. The number of rotatable bonds is 3. The van der Waals surface area contributed by atoms with E-state index in [4.69, 9.17) is 16.0 Å². The highest BCUT2D eigenvalue weighted by Crippen LogP contribution is 1.87. The van der Waals surface area contributed by atoms with E-state index in [1.54, 1.807) is 0 Å². The van der Waals surface area contributed by atoms with Gasteiger partial charge in [0.15, 0.2) is 0 Å². The van der Waals surface area contributed by atoms with Crippen molar-refractivity contribution < 1.29 is 13.0 Å². The van der Waals surface area contributed by atoms with Crippen molar-refractivity contribution in [2.24, 2.45) is 11.5 Å². The average molecular weight is 154 g/mol. The highest BCUT2D eigenvalue weighted by molar-refractivity contribution is 7.85. The molecule has 0 bridgehead atoms. The monoisotopic (exact) mass is 154 g/mol. The third kappa shape index (κ3) is 7.83. The molecule has 0 aromatic rings. The zero-order valence-corrected chi connectivity index (χ0v) is 5.63. The first-order valence-corrected chi connectivity index (χ1v) is 3.99. The van der Waals surface area contributed by atoms with Gasteiger partial charge in [0.25, 0.3) is 10.1 Å². The minimum Gasteiger partial charge on any atom is -0.316 e. The minimum atomic E-state index is -3.88. The van der Waals surface area contributed by atoms with Gasteiger partial charge in [0.2, 0.25) is 0 Å². The van der Waals surface area contributed by atoms with Crippen molar-refractivity contribution >= 4 is 10.1 Å². The summed E-state index contributed by atoms with van der Waals surface area (Å²) in [6.07, 6.45) is -0.592. The van der Waals surface area contributed by atoms with Crippen LogP contribution in [-0.4, -0.2) is 24.9 Å². The number of hydrogen-bond acceptors (Lipinski definition) is 4. The van der Waals surface area contributed by atoms with E-state index in [0.29, 0.717) is 0 Å². The van der Waals surface area contributed by atoms with E-state index < -0.39 is 16.3 Å². The van der Waals surface area contributed by atoms with Crippen molar-refractivity contribution in [1.29, 1.82) is 0 Å². The van der Waals surface area contributed by atoms with Gasteiger partial charge in [0, 0.05) is 0 Å². The van der Waals surface area contributed by atoms with Gasteiger partial charge in [-0.3, -0.25) is 4.55 Å². The van der Waals surface area contributed by atoms with E-state index in [1.807, 2.05) is 0 Å². The van der Waals surface area contributed by atoms with Crippen LogP contribution in [0.2, 0.25) is 0 Å². The predicted octanol–water partition coefficient (Wildman–Crippen LogP) is -1.49. The molecule has 5 N–H and O–H groups in total. The van der Waals surface area contributed by atoms with Crippen LogP contribution in [0.1, 0.15) is 6.42 Å². The van der Waals surface area contributed by atoms with Crippen LogP contribution >= 0.6 is 0 Å². The molecular weight excluding hydrogens is 144 g/mol. The fourth-order valence-electron chi connectivity index (χ4n) is 0.285. The molecule has 0 aliphatic carbocycles. The van der Waals surface area contributed by atoms with E-state index in [9.17, 15) is 8.42 Å². The molecule has 0 rings (SSSR count). The SMILES string of the molecule is NC(N)CCS(=O)(=O)O. The molecule has 0 aromatic carbocycles. The molecule has 0 fully saturated rings. The molecule has 0 radical (unpaired) electrons. The lowest BCUT2D eigenvalue weighted by molar-refractivity contribution is 0.477. The maximum Gasteiger partial charge on any atom is 0.264 e. The van der Waals surface area contributed by atoms with Crippen molar-refractivity contribution in [3.63, 3.8) is 0 Å². The highest BCUT2D eigenvalue weighted by atomic mass is 32.2. The number of hydrogen-bond donors (Lipinski definition) is 3. The summed E-state index contributed by atoms with van der Waals surface area (Å²) in [6.45, 7) is 0. The van der Waals surface area contributed by atoms with E-state index in [-0.39, 0.29) is 12.2 Å². The second-order valence-corrected chi connectivity index (χ2v) is 3.31. The van der Waals surface area contributed by atoms with Gasteiger partial charge in [-0.05, 0) is 6.42 Å². The Bertz CT molecular complexity index is 162. The lowest BCUT2D eigenvalue weighted by Crippen LogP contribution is -2.32.